The van der Waals surface area contributed by atoms with Gasteiger partial charge in [0.15, 0.2) is 0 Å². The van der Waals surface area contributed by atoms with E-state index in [0.717, 1.165) is 12.1 Å². The third-order valence-electron chi connectivity index (χ3n) is 1.66. The summed E-state index contributed by atoms with van der Waals surface area (Å²) in [6.45, 7) is 3.55. The zero-order chi connectivity index (χ0) is 11.6. The molecule has 5 nitrogen and oxygen atoms in total. The van der Waals surface area contributed by atoms with Crippen molar-refractivity contribution >= 4 is 5.97 Å². The predicted octanol–water partition coefficient (Wildman–Crippen LogP) is 1.58. The Morgan fingerprint density at radius 3 is 2.07 bits per heavy atom. The van der Waals surface area contributed by atoms with E-state index in [1.165, 1.54) is 0 Å². The third kappa shape index (κ3) is 2.52. The highest BCUT2D eigenvalue weighted by atomic mass is 16.5. The number of hydrogen-bond donors (Lipinski definition) is 3. The molecule has 0 aromatic heterocycles. The average molecular weight is 212 g/mol. The number of ether oxygens (including phenoxy) is 1. The summed E-state index contributed by atoms with van der Waals surface area (Å²) in [6, 6.07) is 2.31. The van der Waals surface area contributed by atoms with E-state index in [9.17, 15) is 15.0 Å². The maximum atomic E-state index is 10.6. The van der Waals surface area contributed by atoms with Crippen LogP contribution in [0.25, 0.3) is 0 Å². The topological polar surface area (TPSA) is 87.0 Å². The third-order valence-corrected chi connectivity index (χ3v) is 1.66. The minimum Gasteiger partial charge on any atom is -0.507 e. The first-order valence-electron chi connectivity index (χ1n) is 4.37. The van der Waals surface area contributed by atoms with E-state index in [2.05, 4.69) is 0 Å². The van der Waals surface area contributed by atoms with Gasteiger partial charge in [0.25, 0.3) is 0 Å². The smallest absolute Gasteiger partial charge is 0.343 e. The monoisotopic (exact) mass is 212 g/mol. The number of carboxylic acids is 1. The van der Waals surface area contributed by atoms with Crippen molar-refractivity contribution in [2.24, 2.45) is 0 Å². The van der Waals surface area contributed by atoms with Gasteiger partial charge in [0.1, 0.15) is 22.8 Å². The van der Waals surface area contributed by atoms with Gasteiger partial charge in [-0.3, -0.25) is 0 Å². The van der Waals surface area contributed by atoms with Gasteiger partial charge in [-0.25, -0.2) is 4.79 Å². The number of aromatic carboxylic acids is 1. The van der Waals surface area contributed by atoms with Gasteiger partial charge in [-0.05, 0) is 13.8 Å². The second kappa shape index (κ2) is 4.08. The number of carbonyl (C=O) groups is 1. The van der Waals surface area contributed by atoms with Crippen molar-refractivity contribution in [1.29, 1.82) is 0 Å². The molecule has 0 amide bonds. The Bertz CT molecular complexity index is 360. The van der Waals surface area contributed by atoms with Gasteiger partial charge < -0.3 is 20.1 Å². The van der Waals surface area contributed by atoms with E-state index in [4.69, 9.17) is 9.84 Å². The molecule has 1 aromatic carbocycles. The van der Waals surface area contributed by atoms with Crippen LogP contribution in [0.5, 0.6) is 17.2 Å². The molecule has 5 heteroatoms. The van der Waals surface area contributed by atoms with Gasteiger partial charge in [-0.15, -0.1) is 0 Å². The molecule has 0 aliphatic heterocycles. The minimum absolute atomic E-state index is 0.125. The maximum absolute atomic E-state index is 10.6. The highest BCUT2D eigenvalue weighted by Crippen LogP contribution is 2.32. The van der Waals surface area contributed by atoms with Crippen LogP contribution in [0.3, 0.4) is 0 Å². The highest BCUT2D eigenvalue weighted by molar-refractivity contribution is 5.94. The first-order chi connectivity index (χ1) is 6.91. The number of phenols is 2. The largest absolute Gasteiger partial charge is 0.507 e. The standard InChI is InChI=1S/C10H12O5/c1-5(2)15-6-3-7(11)9(10(13)14)8(12)4-6/h3-5,11-12H,1-2H3,(H,13,14). The highest BCUT2D eigenvalue weighted by Gasteiger charge is 2.17. The lowest BCUT2D eigenvalue weighted by Crippen LogP contribution is -2.06. The Labute approximate surface area is 86.5 Å². The Hall–Kier alpha value is -1.91. The van der Waals surface area contributed by atoms with Crippen molar-refractivity contribution in [2.45, 2.75) is 20.0 Å². The van der Waals surface area contributed by atoms with Gasteiger partial charge in [0.2, 0.25) is 0 Å². The molecular formula is C10H12O5. The lowest BCUT2D eigenvalue weighted by atomic mass is 10.1. The van der Waals surface area contributed by atoms with E-state index in [1.807, 2.05) is 0 Å². The Balaban J connectivity index is 3.14. The van der Waals surface area contributed by atoms with E-state index in [-0.39, 0.29) is 11.9 Å². The van der Waals surface area contributed by atoms with Crippen LogP contribution >= 0.6 is 0 Å². The van der Waals surface area contributed by atoms with Gasteiger partial charge in [0.05, 0.1) is 6.10 Å². The summed E-state index contributed by atoms with van der Waals surface area (Å²) in [6.07, 6.45) is -0.125. The van der Waals surface area contributed by atoms with Gasteiger partial charge in [0, 0.05) is 12.1 Å². The van der Waals surface area contributed by atoms with Crippen LogP contribution in [0.2, 0.25) is 0 Å². The molecular weight excluding hydrogens is 200 g/mol. The molecule has 0 spiro atoms. The SMILES string of the molecule is CC(C)Oc1cc(O)c(C(=O)O)c(O)c1. The second-order valence-corrected chi connectivity index (χ2v) is 3.31. The van der Waals surface area contributed by atoms with Crippen molar-refractivity contribution < 1.29 is 24.9 Å². The summed E-state index contributed by atoms with van der Waals surface area (Å²) in [4.78, 5) is 10.6. The quantitative estimate of drug-likeness (QED) is 0.708. The zero-order valence-electron chi connectivity index (χ0n) is 8.39. The van der Waals surface area contributed by atoms with Crippen LogP contribution in [0, 0.1) is 0 Å². The second-order valence-electron chi connectivity index (χ2n) is 3.31. The number of benzene rings is 1. The van der Waals surface area contributed by atoms with Crippen molar-refractivity contribution in [3.8, 4) is 17.2 Å². The molecule has 0 atom stereocenters. The van der Waals surface area contributed by atoms with Crippen LogP contribution < -0.4 is 4.74 Å². The van der Waals surface area contributed by atoms with Crippen molar-refractivity contribution in [2.75, 3.05) is 0 Å². The molecule has 1 rings (SSSR count). The summed E-state index contributed by atoms with van der Waals surface area (Å²) in [5, 5.41) is 27.3. The first-order valence-corrected chi connectivity index (χ1v) is 4.37. The van der Waals surface area contributed by atoms with E-state index < -0.39 is 23.0 Å². The summed E-state index contributed by atoms with van der Waals surface area (Å²) >= 11 is 0. The fourth-order valence-electron chi connectivity index (χ4n) is 1.15. The first kappa shape index (κ1) is 11.2. The summed E-state index contributed by atoms with van der Waals surface area (Å²) in [5.74, 6) is -2.19. The van der Waals surface area contributed by atoms with Crippen molar-refractivity contribution in [3.63, 3.8) is 0 Å². The van der Waals surface area contributed by atoms with Crippen LogP contribution in [-0.2, 0) is 0 Å². The van der Waals surface area contributed by atoms with Crippen LogP contribution in [0.4, 0.5) is 0 Å². The number of aromatic hydroxyl groups is 2. The summed E-state index contributed by atoms with van der Waals surface area (Å²) in [7, 11) is 0. The molecule has 1 aromatic rings. The predicted molar refractivity (Wildman–Crippen MR) is 52.5 cm³/mol. The van der Waals surface area contributed by atoms with E-state index >= 15 is 0 Å². The lowest BCUT2D eigenvalue weighted by molar-refractivity contribution is 0.0690. The Kier molecular flexibility index (Phi) is 3.04. The van der Waals surface area contributed by atoms with E-state index in [0.29, 0.717) is 0 Å². The van der Waals surface area contributed by atoms with Crippen LogP contribution in [0.15, 0.2) is 12.1 Å². The van der Waals surface area contributed by atoms with Crippen LogP contribution in [-0.4, -0.2) is 27.4 Å². The molecule has 0 fully saturated rings. The molecule has 3 N–H and O–H groups in total. The van der Waals surface area contributed by atoms with Gasteiger partial charge >= 0.3 is 5.97 Å². The fraction of sp³-hybridized carbons (Fsp3) is 0.300. The van der Waals surface area contributed by atoms with Crippen LogP contribution in [0.1, 0.15) is 24.2 Å². The maximum Gasteiger partial charge on any atom is 0.343 e. The van der Waals surface area contributed by atoms with Gasteiger partial charge in [-0.2, -0.15) is 0 Å². The molecule has 0 bridgehead atoms. The molecule has 0 saturated heterocycles. The summed E-state index contributed by atoms with van der Waals surface area (Å²) in [5.41, 5.74) is -0.522. The van der Waals surface area contributed by atoms with E-state index in [1.54, 1.807) is 13.8 Å². The molecule has 0 saturated carbocycles. The molecule has 0 radical (unpaired) electrons. The molecule has 0 aliphatic carbocycles. The molecule has 15 heavy (non-hydrogen) atoms. The zero-order valence-corrected chi connectivity index (χ0v) is 8.39. The number of hydrogen-bond acceptors (Lipinski definition) is 4. The average Bonchev–Trinajstić information content (AvgIpc) is 1.99. The minimum atomic E-state index is -1.39. The fourth-order valence-corrected chi connectivity index (χ4v) is 1.15. The Morgan fingerprint density at radius 1 is 1.27 bits per heavy atom. The molecule has 0 unspecified atom stereocenters. The molecule has 82 valence electrons. The molecule has 0 heterocycles. The molecule has 0 aliphatic rings. The number of carboxylic acid groups (broad SMARTS) is 1. The lowest BCUT2D eigenvalue weighted by Gasteiger charge is -2.11. The van der Waals surface area contributed by atoms with Crippen molar-refractivity contribution in [3.05, 3.63) is 17.7 Å². The number of rotatable bonds is 3. The summed E-state index contributed by atoms with van der Waals surface area (Å²) < 4.78 is 5.20. The normalized spacial score (nSPS) is 10.3. The van der Waals surface area contributed by atoms with Gasteiger partial charge in [-0.1, -0.05) is 0 Å². The van der Waals surface area contributed by atoms with Crippen molar-refractivity contribution in [1.82, 2.24) is 0 Å². The Morgan fingerprint density at radius 2 is 1.73 bits per heavy atom.